The molecule has 1 aliphatic rings. The second-order valence-electron chi connectivity index (χ2n) is 4.57. The van der Waals surface area contributed by atoms with Crippen molar-refractivity contribution in [2.75, 3.05) is 6.16 Å². The molecule has 0 aromatic rings. The molecule has 0 aromatic carbocycles. The number of carboxylic acids is 1. The van der Waals surface area contributed by atoms with E-state index in [-0.39, 0.29) is 17.7 Å². The Morgan fingerprint density at radius 2 is 2.06 bits per heavy atom. The molecule has 0 aliphatic heterocycles. The summed E-state index contributed by atoms with van der Waals surface area (Å²) in [6.07, 6.45) is 3.68. The van der Waals surface area contributed by atoms with Gasteiger partial charge in [0, 0.05) is 5.92 Å². The van der Waals surface area contributed by atoms with Crippen LogP contribution in [0.3, 0.4) is 0 Å². The maximum atomic E-state index is 11.7. The molecular weight excluding hydrogens is 227 g/mol. The van der Waals surface area contributed by atoms with E-state index in [2.05, 4.69) is 0 Å². The summed E-state index contributed by atoms with van der Waals surface area (Å²) in [6, 6.07) is 0. The molecule has 0 bridgehead atoms. The van der Waals surface area contributed by atoms with E-state index in [0.717, 1.165) is 12.8 Å². The number of aliphatic hydroxyl groups is 1. The predicted octanol–water partition coefficient (Wildman–Crippen LogP) is 2.21. The van der Waals surface area contributed by atoms with Crippen molar-refractivity contribution in [3.8, 4) is 0 Å². The van der Waals surface area contributed by atoms with Gasteiger partial charge in [0.15, 0.2) is 6.16 Å². The highest BCUT2D eigenvalue weighted by Gasteiger charge is 2.34. The topological polar surface area (TPSA) is 74.6 Å². The fourth-order valence-corrected chi connectivity index (χ4v) is 2.76. The second kappa shape index (κ2) is 5.55. The maximum Gasteiger partial charge on any atom is 0.375 e. The predicted molar refractivity (Wildman–Crippen MR) is 61.8 cm³/mol. The third kappa shape index (κ3) is 4.03. The molecule has 5 heteroatoms. The van der Waals surface area contributed by atoms with Gasteiger partial charge in [-0.1, -0.05) is 24.5 Å². The summed E-state index contributed by atoms with van der Waals surface area (Å²) in [7, 11) is -1.90. The standard InChI is InChI=1S/C11H17O4P/c1-7(2)11(14)16(15)6-9(10(12)13)5-8-3-4-8/h5,7-8,11,14H,3-4,6H2,1-2H3/p+1. The van der Waals surface area contributed by atoms with Crippen LogP contribution in [0.15, 0.2) is 11.6 Å². The van der Waals surface area contributed by atoms with E-state index in [1.165, 1.54) is 0 Å². The number of hydrogen-bond donors (Lipinski definition) is 2. The van der Waals surface area contributed by atoms with Crippen LogP contribution in [0.4, 0.5) is 0 Å². The van der Waals surface area contributed by atoms with Crippen molar-refractivity contribution in [2.24, 2.45) is 11.8 Å². The normalized spacial score (nSPS) is 19.8. The van der Waals surface area contributed by atoms with Crippen LogP contribution in [0.5, 0.6) is 0 Å². The minimum atomic E-state index is -1.90. The van der Waals surface area contributed by atoms with Crippen LogP contribution in [0.2, 0.25) is 0 Å². The Labute approximate surface area is 96.1 Å². The minimum Gasteiger partial charge on any atom is -0.478 e. The van der Waals surface area contributed by atoms with Gasteiger partial charge in [0.25, 0.3) is 5.85 Å². The average molecular weight is 245 g/mol. The number of allylic oxidation sites excluding steroid dienone is 1. The van der Waals surface area contributed by atoms with Crippen LogP contribution in [0, 0.1) is 11.8 Å². The zero-order chi connectivity index (χ0) is 12.3. The molecule has 0 saturated heterocycles. The number of aliphatic hydroxyl groups excluding tert-OH is 1. The van der Waals surface area contributed by atoms with Crippen molar-refractivity contribution in [2.45, 2.75) is 32.5 Å². The molecule has 0 radical (unpaired) electrons. The summed E-state index contributed by atoms with van der Waals surface area (Å²) in [4.78, 5) is 10.9. The third-order valence-electron chi connectivity index (χ3n) is 2.55. The lowest BCUT2D eigenvalue weighted by Crippen LogP contribution is -2.13. The van der Waals surface area contributed by atoms with Crippen molar-refractivity contribution >= 4 is 13.8 Å². The lowest BCUT2D eigenvalue weighted by molar-refractivity contribution is -0.132. The van der Waals surface area contributed by atoms with Gasteiger partial charge in [-0.05, 0) is 18.8 Å². The van der Waals surface area contributed by atoms with E-state index < -0.39 is 19.6 Å². The first-order valence-electron chi connectivity index (χ1n) is 5.47. The first-order valence-corrected chi connectivity index (χ1v) is 6.99. The van der Waals surface area contributed by atoms with Crippen LogP contribution in [0.1, 0.15) is 26.7 Å². The second-order valence-corrected chi connectivity index (χ2v) is 6.25. The summed E-state index contributed by atoms with van der Waals surface area (Å²) >= 11 is 0. The average Bonchev–Trinajstić information content (AvgIpc) is 2.98. The van der Waals surface area contributed by atoms with Gasteiger partial charge in [-0.15, -0.1) is 0 Å². The maximum absolute atomic E-state index is 11.7. The summed E-state index contributed by atoms with van der Waals surface area (Å²) in [5.41, 5.74) is 0.184. The zero-order valence-corrected chi connectivity index (χ0v) is 10.5. The molecule has 2 atom stereocenters. The molecule has 0 aromatic heterocycles. The molecule has 0 spiro atoms. The molecule has 16 heavy (non-hydrogen) atoms. The molecule has 90 valence electrons. The molecule has 2 unspecified atom stereocenters. The molecule has 2 N–H and O–H groups in total. The molecule has 4 nitrogen and oxygen atoms in total. The quantitative estimate of drug-likeness (QED) is 0.555. The zero-order valence-electron chi connectivity index (χ0n) is 9.59. The molecule has 1 rings (SSSR count). The molecule has 0 heterocycles. The highest BCUT2D eigenvalue weighted by Crippen LogP contribution is 2.36. The molecule has 0 amide bonds. The Kier molecular flexibility index (Phi) is 4.63. The fourth-order valence-electron chi connectivity index (χ4n) is 1.33. The summed E-state index contributed by atoms with van der Waals surface area (Å²) < 4.78 is 11.7. The molecule has 1 aliphatic carbocycles. The summed E-state index contributed by atoms with van der Waals surface area (Å²) in [5.74, 6) is -1.71. The SMILES string of the molecule is CC(C)C(O)[P+](=O)CC(=CC1CC1)C(=O)O. The molecule has 1 saturated carbocycles. The number of aliphatic carboxylic acids is 1. The van der Waals surface area contributed by atoms with Crippen LogP contribution >= 0.6 is 7.80 Å². The minimum absolute atomic E-state index is 0.0273. The summed E-state index contributed by atoms with van der Waals surface area (Å²) in [6.45, 7) is 3.53. The lowest BCUT2D eigenvalue weighted by Gasteiger charge is -2.03. The lowest BCUT2D eigenvalue weighted by atomic mass is 10.2. The van der Waals surface area contributed by atoms with Gasteiger partial charge in [0.05, 0.1) is 5.57 Å². The van der Waals surface area contributed by atoms with E-state index in [1.54, 1.807) is 19.9 Å². The van der Waals surface area contributed by atoms with Crippen molar-refractivity contribution in [3.63, 3.8) is 0 Å². The van der Waals surface area contributed by atoms with Gasteiger partial charge in [0.1, 0.15) is 0 Å². The van der Waals surface area contributed by atoms with Crippen molar-refractivity contribution in [1.82, 2.24) is 0 Å². The first kappa shape index (κ1) is 13.3. The number of carbonyl (C=O) groups is 1. The third-order valence-corrected chi connectivity index (χ3v) is 4.39. The Morgan fingerprint density at radius 1 is 1.50 bits per heavy atom. The Morgan fingerprint density at radius 3 is 2.44 bits per heavy atom. The van der Waals surface area contributed by atoms with E-state index in [1.807, 2.05) is 0 Å². The highest BCUT2D eigenvalue weighted by molar-refractivity contribution is 7.45. The number of rotatable bonds is 6. The van der Waals surface area contributed by atoms with E-state index >= 15 is 0 Å². The number of carboxylic acid groups (broad SMARTS) is 1. The van der Waals surface area contributed by atoms with Gasteiger partial charge in [-0.3, -0.25) is 0 Å². The van der Waals surface area contributed by atoms with Crippen molar-refractivity contribution < 1.29 is 19.6 Å². The molecular formula is C11H18O4P+. The summed E-state index contributed by atoms with van der Waals surface area (Å²) in [5, 5.41) is 18.5. The molecule has 1 fully saturated rings. The van der Waals surface area contributed by atoms with E-state index in [0.29, 0.717) is 5.92 Å². The van der Waals surface area contributed by atoms with Crippen molar-refractivity contribution in [3.05, 3.63) is 11.6 Å². The van der Waals surface area contributed by atoms with Crippen LogP contribution < -0.4 is 0 Å². The van der Waals surface area contributed by atoms with Gasteiger partial charge in [0.2, 0.25) is 0 Å². The Bertz CT molecular complexity index is 318. The highest BCUT2D eigenvalue weighted by atomic mass is 31.1. The van der Waals surface area contributed by atoms with Gasteiger partial charge < -0.3 is 10.2 Å². The van der Waals surface area contributed by atoms with Crippen LogP contribution in [-0.4, -0.2) is 28.2 Å². The largest absolute Gasteiger partial charge is 0.478 e. The Hall–Kier alpha value is -0.730. The van der Waals surface area contributed by atoms with Gasteiger partial charge in [-0.2, -0.15) is 0 Å². The first-order chi connectivity index (χ1) is 7.41. The van der Waals surface area contributed by atoms with E-state index in [9.17, 15) is 14.5 Å². The van der Waals surface area contributed by atoms with Gasteiger partial charge >= 0.3 is 13.8 Å². The van der Waals surface area contributed by atoms with Crippen molar-refractivity contribution in [1.29, 1.82) is 0 Å². The van der Waals surface area contributed by atoms with Crippen LogP contribution in [-0.2, 0) is 9.36 Å². The number of hydrogen-bond acceptors (Lipinski definition) is 3. The van der Waals surface area contributed by atoms with E-state index in [4.69, 9.17) is 5.11 Å². The van der Waals surface area contributed by atoms with Gasteiger partial charge in [-0.25, -0.2) is 4.79 Å². The Balaban J connectivity index is 2.61. The smallest absolute Gasteiger partial charge is 0.375 e. The fraction of sp³-hybridized carbons (Fsp3) is 0.727. The monoisotopic (exact) mass is 245 g/mol. The van der Waals surface area contributed by atoms with Crippen LogP contribution in [0.25, 0.3) is 0 Å².